The van der Waals surface area contributed by atoms with E-state index in [1.807, 2.05) is 6.07 Å². The highest BCUT2D eigenvalue weighted by atomic mass is 35.5. The zero-order valence-electron chi connectivity index (χ0n) is 15.2. The summed E-state index contributed by atoms with van der Waals surface area (Å²) >= 11 is 5.76. The fraction of sp³-hybridized carbons (Fsp3) is 0.389. The van der Waals surface area contributed by atoms with Crippen LogP contribution >= 0.6 is 11.6 Å². The van der Waals surface area contributed by atoms with Gasteiger partial charge >= 0.3 is 5.97 Å². The lowest BCUT2D eigenvalue weighted by Crippen LogP contribution is -2.41. The Hall–Kier alpha value is -3.12. The van der Waals surface area contributed by atoms with Gasteiger partial charge in [0.1, 0.15) is 16.7 Å². The Morgan fingerprint density at radius 2 is 2.14 bits per heavy atom. The predicted octanol–water partition coefficient (Wildman–Crippen LogP) is 2.87. The van der Waals surface area contributed by atoms with Gasteiger partial charge in [0.05, 0.1) is 17.4 Å². The van der Waals surface area contributed by atoms with Crippen molar-refractivity contribution in [1.82, 2.24) is 4.90 Å². The third kappa shape index (κ3) is 5.20. The fourth-order valence-corrected chi connectivity index (χ4v) is 2.97. The molecule has 1 saturated heterocycles. The lowest BCUT2D eigenvalue weighted by Gasteiger charge is -2.30. The summed E-state index contributed by atoms with van der Waals surface area (Å²) in [4.78, 5) is 36.1. The summed E-state index contributed by atoms with van der Waals surface area (Å²) in [5, 5.41) is 22.9. The van der Waals surface area contributed by atoms with Crippen molar-refractivity contribution >= 4 is 34.9 Å². The van der Waals surface area contributed by atoms with Crippen LogP contribution in [0.1, 0.15) is 19.8 Å². The van der Waals surface area contributed by atoms with Crippen molar-refractivity contribution in [1.29, 1.82) is 5.26 Å². The summed E-state index contributed by atoms with van der Waals surface area (Å²) < 4.78 is 4.99. The number of piperidine rings is 1. The van der Waals surface area contributed by atoms with Gasteiger partial charge < -0.3 is 15.0 Å². The van der Waals surface area contributed by atoms with Gasteiger partial charge in [-0.1, -0.05) is 11.6 Å². The van der Waals surface area contributed by atoms with E-state index in [0.717, 1.165) is 0 Å². The maximum atomic E-state index is 12.5. The monoisotopic (exact) mass is 406 g/mol. The number of benzene rings is 1. The number of nitriles is 1. The van der Waals surface area contributed by atoms with Gasteiger partial charge in [0.2, 0.25) is 0 Å². The Balaban J connectivity index is 2.02. The van der Waals surface area contributed by atoms with Crippen molar-refractivity contribution in [2.24, 2.45) is 5.92 Å². The number of carbonyl (C=O) groups excluding carboxylic acids is 2. The number of hydrogen-bond acceptors (Lipinski definition) is 7. The molecule has 0 saturated carbocycles. The maximum absolute atomic E-state index is 12.5. The van der Waals surface area contributed by atoms with Gasteiger partial charge in [-0.25, -0.2) is 0 Å². The minimum atomic E-state index is -0.624. The highest BCUT2D eigenvalue weighted by molar-refractivity contribution is 6.32. The molecular formula is C18H19ClN4O5. The number of likely N-dealkylation sites (tertiary alicyclic amines) is 1. The van der Waals surface area contributed by atoms with Crippen molar-refractivity contribution < 1.29 is 19.2 Å². The third-order valence-corrected chi connectivity index (χ3v) is 4.60. The molecule has 0 aromatic heterocycles. The number of hydrogen-bond donors (Lipinski definition) is 1. The first-order valence-electron chi connectivity index (χ1n) is 8.64. The number of nitrogens with zero attached hydrogens (tertiary/aromatic N) is 3. The molecule has 9 nitrogen and oxygen atoms in total. The first kappa shape index (κ1) is 21.2. The van der Waals surface area contributed by atoms with Crippen LogP contribution in [0.2, 0.25) is 5.02 Å². The number of nitro benzene ring substituents is 1. The minimum Gasteiger partial charge on any atom is -0.466 e. The van der Waals surface area contributed by atoms with Gasteiger partial charge in [0.25, 0.3) is 11.6 Å². The predicted molar refractivity (Wildman–Crippen MR) is 101 cm³/mol. The van der Waals surface area contributed by atoms with Gasteiger partial charge in [-0.2, -0.15) is 5.26 Å². The number of anilines is 1. The van der Waals surface area contributed by atoms with Crippen molar-refractivity contribution in [3.63, 3.8) is 0 Å². The zero-order valence-corrected chi connectivity index (χ0v) is 15.9. The van der Waals surface area contributed by atoms with Crippen molar-refractivity contribution in [3.8, 4) is 6.07 Å². The lowest BCUT2D eigenvalue weighted by molar-refractivity contribution is -0.384. The molecule has 28 heavy (non-hydrogen) atoms. The summed E-state index contributed by atoms with van der Waals surface area (Å²) in [6, 6.07) is 5.89. The highest BCUT2D eigenvalue weighted by Gasteiger charge is 2.29. The van der Waals surface area contributed by atoms with Crippen LogP contribution in [0.15, 0.2) is 30.0 Å². The molecule has 1 N–H and O–H groups in total. The van der Waals surface area contributed by atoms with E-state index in [4.69, 9.17) is 16.3 Å². The number of carbonyl (C=O) groups is 2. The second kappa shape index (κ2) is 9.71. The van der Waals surface area contributed by atoms with E-state index in [1.54, 1.807) is 6.92 Å². The summed E-state index contributed by atoms with van der Waals surface area (Å²) in [5.74, 6) is -0.983. The van der Waals surface area contributed by atoms with Gasteiger partial charge in [-0.05, 0) is 31.9 Å². The van der Waals surface area contributed by atoms with Crippen molar-refractivity contribution in [3.05, 3.63) is 45.1 Å². The Labute approximate surface area is 166 Å². The van der Waals surface area contributed by atoms with E-state index in [2.05, 4.69) is 5.32 Å². The standard InChI is InChI=1S/C18H19ClN4O5/c1-2-28-18(25)12-5-7-22(8-6-12)17(24)13(10-20)11-21-14-3-4-15(19)16(9-14)23(26)27/h3-4,9,11-12,21H,2,5-8H2,1H3/b13-11-. The number of amides is 1. The number of ether oxygens (including phenoxy) is 1. The van der Waals surface area contributed by atoms with Gasteiger partial charge in [-0.3, -0.25) is 19.7 Å². The highest BCUT2D eigenvalue weighted by Crippen LogP contribution is 2.27. The van der Waals surface area contributed by atoms with E-state index in [-0.39, 0.29) is 28.2 Å². The molecule has 2 rings (SSSR count). The normalized spacial score (nSPS) is 14.9. The molecule has 0 radical (unpaired) electrons. The van der Waals surface area contributed by atoms with Gasteiger partial charge in [-0.15, -0.1) is 0 Å². The average Bonchev–Trinajstić information content (AvgIpc) is 2.69. The quantitative estimate of drug-likeness (QED) is 0.253. The molecule has 1 aromatic rings. The largest absolute Gasteiger partial charge is 0.466 e. The van der Waals surface area contributed by atoms with Crippen LogP contribution in [0.4, 0.5) is 11.4 Å². The first-order valence-corrected chi connectivity index (χ1v) is 9.01. The summed E-state index contributed by atoms with van der Waals surface area (Å²) in [7, 11) is 0. The molecule has 148 valence electrons. The van der Waals surface area contributed by atoms with E-state index in [1.165, 1.54) is 29.3 Å². The van der Waals surface area contributed by atoms with Gasteiger partial charge in [0.15, 0.2) is 0 Å². The van der Waals surface area contributed by atoms with E-state index in [9.17, 15) is 25.0 Å². The lowest BCUT2D eigenvalue weighted by atomic mass is 9.96. The molecule has 1 heterocycles. The van der Waals surface area contributed by atoms with Crippen LogP contribution in [0.3, 0.4) is 0 Å². The number of esters is 1. The first-order chi connectivity index (χ1) is 13.4. The average molecular weight is 407 g/mol. The van der Waals surface area contributed by atoms with Crippen LogP contribution in [0, 0.1) is 27.4 Å². The Morgan fingerprint density at radius 3 is 2.71 bits per heavy atom. The van der Waals surface area contributed by atoms with Crippen LogP contribution in [0.5, 0.6) is 0 Å². The van der Waals surface area contributed by atoms with Crippen LogP contribution in [-0.4, -0.2) is 41.4 Å². The van der Waals surface area contributed by atoms with E-state index in [0.29, 0.717) is 38.2 Å². The van der Waals surface area contributed by atoms with E-state index < -0.39 is 10.8 Å². The molecule has 0 spiro atoms. The summed E-state index contributed by atoms with van der Waals surface area (Å²) in [6.07, 6.45) is 2.15. The zero-order chi connectivity index (χ0) is 20.7. The van der Waals surface area contributed by atoms with Gasteiger partial charge in [0, 0.05) is 31.0 Å². The second-order valence-corrected chi connectivity index (χ2v) is 6.46. The molecule has 1 aliphatic rings. The number of nitro groups is 1. The molecule has 0 aliphatic carbocycles. The number of nitrogens with one attached hydrogen (secondary N) is 1. The maximum Gasteiger partial charge on any atom is 0.309 e. The molecule has 0 unspecified atom stereocenters. The fourth-order valence-electron chi connectivity index (χ4n) is 2.79. The van der Waals surface area contributed by atoms with Crippen molar-refractivity contribution in [2.75, 3.05) is 25.0 Å². The molecule has 0 bridgehead atoms. The smallest absolute Gasteiger partial charge is 0.309 e. The molecule has 0 atom stereocenters. The molecule has 10 heteroatoms. The summed E-state index contributed by atoms with van der Waals surface area (Å²) in [5.41, 5.74) is -0.115. The van der Waals surface area contributed by atoms with Crippen LogP contribution in [-0.2, 0) is 14.3 Å². The molecule has 1 aromatic carbocycles. The van der Waals surface area contributed by atoms with Crippen molar-refractivity contribution in [2.45, 2.75) is 19.8 Å². The Bertz CT molecular complexity index is 841. The summed E-state index contributed by atoms with van der Waals surface area (Å²) in [6.45, 7) is 2.73. The molecule has 1 fully saturated rings. The SMILES string of the molecule is CCOC(=O)C1CCN(C(=O)/C(C#N)=C\Nc2ccc(Cl)c([N+](=O)[O-])c2)CC1. The Morgan fingerprint density at radius 1 is 1.46 bits per heavy atom. The number of halogens is 1. The molecule has 1 amide bonds. The third-order valence-electron chi connectivity index (χ3n) is 4.28. The molecular weight excluding hydrogens is 388 g/mol. The van der Waals surface area contributed by atoms with Crippen LogP contribution < -0.4 is 5.32 Å². The Kier molecular flexibility index (Phi) is 7.35. The molecule has 1 aliphatic heterocycles. The van der Waals surface area contributed by atoms with Crippen LogP contribution in [0.25, 0.3) is 0 Å². The number of rotatable bonds is 6. The second-order valence-electron chi connectivity index (χ2n) is 6.06. The topological polar surface area (TPSA) is 126 Å². The minimum absolute atomic E-state index is 0.0133. The van der Waals surface area contributed by atoms with E-state index >= 15 is 0 Å².